The second kappa shape index (κ2) is 6.23. The monoisotopic (exact) mass is 288 g/mol. The number of halogens is 1. The molecule has 104 valence electrons. The fourth-order valence-corrected chi connectivity index (χ4v) is 2.96. The summed E-state index contributed by atoms with van der Waals surface area (Å²) in [6.07, 6.45) is 0. The molecule has 1 atom stereocenters. The van der Waals surface area contributed by atoms with Gasteiger partial charge in [-0.1, -0.05) is 29.8 Å². The van der Waals surface area contributed by atoms with Crippen LogP contribution >= 0.6 is 11.8 Å². The fraction of sp³-hybridized carbons (Fsp3) is 0.235. The van der Waals surface area contributed by atoms with E-state index in [1.807, 2.05) is 39.0 Å². The molecule has 0 fully saturated rings. The summed E-state index contributed by atoms with van der Waals surface area (Å²) in [6.45, 7) is 5.71. The van der Waals surface area contributed by atoms with Crippen molar-refractivity contribution in [2.75, 3.05) is 0 Å². The van der Waals surface area contributed by atoms with Gasteiger partial charge in [0.25, 0.3) is 0 Å². The van der Waals surface area contributed by atoms with Crippen LogP contribution in [0.15, 0.2) is 47.4 Å². The van der Waals surface area contributed by atoms with E-state index < -0.39 is 0 Å². The second-order valence-corrected chi connectivity index (χ2v) is 6.26. The van der Waals surface area contributed by atoms with E-state index in [9.17, 15) is 9.18 Å². The molecule has 2 aromatic rings. The quantitative estimate of drug-likeness (QED) is 0.593. The average molecular weight is 288 g/mol. The van der Waals surface area contributed by atoms with Gasteiger partial charge < -0.3 is 0 Å². The van der Waals surface area contributed by atoms with Gasteiger partial charge >= 0.3 is 0 Å². The molecule has 0 aliphatic rings. The fourth-order valence-electron chi connectivity index (χ4n) is 2.00. The molecule has 0 bridgehead atoms. The van der Waals surface area contributed by atoms with Gasteiger partial charge in [0.1, 0.15) is 5.82 Å². The highest BCUT2D eigenvalue weighted by molar-refractivity contribution is 8.00. The summed E-state index contributed by atoms with van der Waals surface area (Å²) in [5.74, 6) is -0.238. The third kappa shape index (κ3) is 3.28. The van der Waals surface area contributed by atoms with Gasteiger partial charge in [-0.05, 0) is 44.5 Å². The van der Waals surface area contributed by atoms with Crippen LogP contribution in [-0.4, -0.2) is 11.0 Å². The minimum absolute atomic E-state index is 0.0412. The maximum atomic E-state index is 13.6. The zero-order chi connectivity index (χ0) is 14.7. The Hall–Kier alpha value is -1.61. The molecule has 0 heterocycles. The molecule has 0 amide bonds. The third-order valence-corrected chi connectivity index (χ3v) is 4.32. The van der Waals surface area contributed by atoms with E-state index >= 15 is 0 Å². The maximum Gasteiger partial charge on any atom is 0.176 e. The first kappa shape index (κ1) is 14.8. The number of ketones is 1. The van der Waals surface area contributed by atoms with Crippen molar-refractivity contribution in [3.63, 3.8) is 0 Å². The Bertz CT molecular complexity index is 637. The molecule has 0 spiro atoms. The van der Waals surface area contributed by atoms with Crippen LogP contribution < -0.4 is 0 Å². The average Bonchev–Trinajstić information content (AvgIpc) is 2.43. The summed E-state index contributed by atoms with van der Waals surface area (Å²) in [5.41, 5.74) is 2.74. The van der Waals surface area contributed by atoms with Crippen LogP contribution in [0.3, 0.4) is 0 Å². The van der Waals surface area contributed by atoms with E-state index in [0.29, 0.717) is 4.90 Å². The largest absolute Gasteiger partial charge is 0.293 e. The second-order valence-electron chi connectivity index (χ2n) is 4.87. The number of thioether (sulfide) groups is 1. The van der Waals surface area contributed by atoms with Gasteiger partial charge in [0.05, 0.1) is 5.25 Å². The Morgan fingerprint density at radius 2 is 1.85 bits per heavy atom. The molecule has 0 N–H and O–H groups in total. The zero-order valence-corrected chi connectivity index (χ0v) is 12.6. The van der Waals surface area contributed by atoms with Crippen LogP contribution in [0.2, 0.25) is 0 Å². The lowest BCUT2D eigenvalue weighted by Gasteiger charge is -2.13. The molecular weight excluding hydrogens is 271 g/mol. The lowest BCUT2D eigenvalue weighted by molar-refractivity contribution is 0.0993. The molecule has 0 aromatic heterocycles. The summed E-state index contributed by atoms with van der Waals surface area (Å²) in [4.78, 5) is 13.0. The lowest BCUT2D eigenvalue weighted by atomic mass is 10.0. The zero-order valence-electron chi connectivity index (χ0n) is 11.8. The number of hydrogen-bond acceptors (Lipinski definition) is 2. The Labute approximate surface area is 123 Å². The van der Waals surface area contributed by atoms with Crippen molar-refractivity contribution in [2.24, 2.45) is 0 Å². The molecular formula is C17H17FOS. The molecule has 2 aromatic carbocycles. The molecule has 1 nitrogen and oxygen atoms in total. The molecule has 0 aliphatic carbocycles. The van der Waals surface area contributed by atoms with Crippen LogP contribution in [0.25, 0.3) is 0 Å². The molecule has 0 radical (unpaired) electrons. The van der Waals surface area contributed by atoms with Gasteiger partial charge in [-0.2, -0.15) is 0 Å². The first-order chi connectivity index (χ1) is 9.49. The minimum Gasteiger partial charge on any atom is -0.293 e. The number of rotatable bonds is 4. The summed E-state index contributed by atoms with van der Waals surface area (Å²) >= 11 is 1.26. The molecule has 0 saturated carbocycles. The van der Waals surface area contributed by atoms with E-state index in [4.69, 9.17) is 0 Å². The SMILES string of the molecule is Cc1ccc(C)c(C(=O)C(C)Sc2ccccc2F)c1. The van der Waals surface area contributed by atoms with Gasteiger partial charge in [0.15, 0.2) is 5.78 Å². The van der Waals surface area contributed by atoms with E-state index in [2.05, 4.69) is 0 Å². The summed E-state index contributed by atoms with van der Waals surface area (Å²) < 4.78 is 13.6. The summed E-state index contributed by atoms with van der Waals surface area (Å²) in [6, 6.07) is 12.4. The Morgan fingerprint density at radius 3 is 2.55 bits per heavy atom. The molecule has 3 heteroatoms. The van der Waals surface area contributed by atoms with Crippen LogP contribution in [0.1, 0.15) is 28.4 Å². The number of carbonyl (C=O) groups excluding carboxylic acids is 1. The Balaban J connectivity index is 2.21. The van der Waals surface area contributed by atoms with E-state index in [0.717, 1.165) is 16.7 Å². The standard InChI is InChI=1S/C17H17FOS/c1-11-8-9-12(2)14(10-11)17(19)13(3)20-16-7-5-4-6-15(16)18/h4-10,13H,1-3H3. The van der Waals surface area contributed by atoms with Crippen molar-refractivity contribution in [3.05, 3.63) is 65.0 Å². The van der Waals surface area contributed by atoms with Gasteiger partial charge in [-0.25, -0.2) is 4.39 Å². The van der Waals surface area contributed by atoms with Gasteiger partial charge in [-0.15, -0.1) is 11.8 Å². The van der Waals surface area contributed by atoms with Crippen molar-refractivity contribution >= 4 is 17.5 Å². The van der Waals surface area contributed by atoms with Crippen LogP contribution in [0.4, 0.5) is 4.39 Å². The topological polar surface area (TPSA) is 17.1 Å². The maximum absolute atomic E-state index is 13.6. The highest BCUT2D eigenvalue weighted by atomic mass is 32.2. The predicted octanol–water partition coefficient (Wildman–Crippen LogP) is 4.81. The molecule has 20 heavy (non-hydrogen) atoms. The van der Waals surface area contributed by atoms with Crippen molar-refractivity contribution < 1.29 is 9.18 Å². The van der Waals surface area contributed by atoms with Crippen molar-refractivity contribution in [1.82, 2.24) is 0 Å². The van der Waals surface area contributed by atoms with Crippen molar-refractivity contribution in [2.45, 2.75) is 30.9 Å². The lowest BCUT2D eigenvalue weighted by Crippen LogP contribution is -2.15. The van der Waals surface area contributed by atoms with Crippen LogP contribution in [0, 0.1) is 19.7 Å². The molecule has 2 rings (SSSR count). The first-order valence-electron chi connectivity index (χ1n) is 6.51. The third-order valence-electron chi connectivity index (χ3n) is 3.17. The van der Waals surface area contributed by atoms with Crippen LogP contribution in [0.5, 0.6) is 0 Å². The first-order valence-corrected chi connectivity index (χ1v) is 7.39. The number of carbonyl (C=O) groups is 1. The summed E-state index contributed by atoms with van der Waals surface area (Å²) in [5, 5.41) is -0.313. The number of aryl methyl sites for hydroxylation is 2. The van der Waals surface area contributed by atoms with E-state index in [1.54, 1.807) is 18.2 Å². The number of benzene rings is 2. The van der Waals surface area contributed by atoms with E-state index in [1.165, 1.54) is 17.8 Å². The van der Waals surface area contributed by atoms with E-state index in [-0.39, 0.29) is 16.9 Å². The van der Waals surface area contributed by atoms with Crippen LogP contribution in [-0.2, 0) is 0 Å². The van der Waals surface area contributed by atoms with Crippen molar-refractivity contribution in [1.29, 1.82) is 0 Å². The Morgan fingerprint density at radius 1 is 1.15 bits per heavy atom. The Kier molecular flexibility index (Phi) is 4.61. The highest BCUT2D eigenvalue weighted by Gasteiger charge is 2.19. The van der Waals surface area contributed by atoms with Gasteiger partial charge in [0, 0.05) is 10.5 Å². The molecule has 0 aliphatic heterocycles. The number of hydrogen-bond donors (Lipinski definition) is 0. The summed E-state index contributed by atoms with van der Waals surface area (Å²) in [7, 11) is 0. The minimum atomic E-state index is -0.313. The molecule has 0 saturated heterocycles. The normalized spacial score (nSPS) is 12.2. The smallest absolute Gasteiger partial charge is 0.176 e. The van der Waals surface area contributed by atoms with Crippen molar-refractivity contribution in [3.8, 4) is 0 Å². The number of Topliss-reactive ketones (excluding diaryl/α,β-unsaturated/α-hetero) is 1. The van der Waals surface area contributed by atoms with Gasteiger partial charge in [-0.3, -0.25) is 4.79 Å². The molecule has 1 unspecified atom stereocenters. The predicted molar refractivity (Wildman–Crippen MR) is 82.0 cm³/mol. The highest BCUT2D eigenvalue weighted by Crippen LogP contribution is 2.28. The van der Waals surface area contributed by atoms with Gasteiger partial charge in [0.2, 0.25) is 0 Å².